The minimum Gasteiger partial charge on any atom is -0.374 e. The summed E-state index contributed by atoms with van der Waals surface area (Å²) in [4.78, 5) is 0. The number of hydrogen-bond donors (Lipinski definition) is 3. The van der Waals surface area contributed by atoms with Gasteiger partial charge in [0.1, 0.15) is 6.23 Å². The molecule has 1 aliphatic rings. The molecule has 1 unspecified atom stereocenters. The molecule has 1 aromatic rings. The van der Waals surface area contributed by atoms with Crippen molar-refractivity contribution in [1.29, 1.82) is 0 Å². The molecule has 18 heavy (non-hydrogen) atoms. The van der Waals surface area contributed by atoms with E-state index in [1.807, 2.05) is 30.3 Å². The Hall–Kier alpha value is -0.900. The molecule has 1 aromatic carbocycles. The summed E-state index contributed by atoms with van der Waals surface area (Å²) in [6.45, 7) is 1.72. The Balaban J connectivity index is 1.72. The van der Waals surface area contributed by atoms with Crippen LogP contribution < -0.4 is 11.1 Å². The van der Waals surface area contributed by atoms with Gasteiger partial charge in [-0.2, -0.15) is 0 Å². The fourth-order valence-corrected chi connectivity index (χ4v) is 2.70. The molecule has 0 heterocycles. The second-order valence-electron chi connectivity index (χ2n) is 5.34. The predicted molar refractivity (Wildman–Crippen MR) is 73.9 cm³/mol. The van der Waals surface area contributed by atoms with Crippen LogP contribution in [0.25, 0.3) is 0 Å². The number of nitrogens with one attached hydrogen (secondary N) is 1. The summed E-state index contributed by atoms with van der Waals surface area (Å²) >= 11 is 0. The third-order valence-corrected chi connectivity index (χ3v) is 4.01. The highest BCUT2D eigenvalue weighted by atomic mass is 16.3. The number of aliphatic hydroxyl groups excluding tert-OH is 1. The molecule has 0 aromatic heterocycles. The third-order valence-electron chi connectivity index (χ3n) is 4.01. The molecule has 0 spiro atoms. The maximum absolute atomic E-state index is 10.0. The van der Waals surface area contributed by atoms with Crippen molar-refractivity contribution in [3.8, 4) is 0 Å². The summed E-state index contributed by atoms with van der Waals surface area (Å²) in [5.74, 6) is 1.41. The van der Waals surface area contributed by atoms with E-state index in [-0.39, 0.29) is 0 Å². The second-order valence-corrected chi connectivity index (χ2v) is 5.34. The van der Waals surface area contributed by atoms with Crippen LogP contribution in [0.4, 0.5) is 0 Å². The van der Waals surface area contributed by atoms with E-state index in [0.717, 1.165) is 24.6 Å². The Bertz CT molecular complexity index is 334. The molecule has 0 aliphatic heterocycles. The average Bonchev–Trinajstić information content (AvgIpc) is 2.46. The SMILES string of the molecule is NCC1CCC(CNC(O)c2ccccc2)CC1. The van der Waals surface area contributed by atoms with E-state index < -0.39 is 6.23 Å². The number of aliphatic hydroxyl groups is 1. The van der Waals surface area contributed by atoms with Crippen LogP contribution in [0, 0.1) is 11.8 Å². The van der Waals surface area contributed by atoms with Crippen LogP contribution in [0.1, 0.15) is 37.5 Å². The highest BCUT2D eigenvalue weighted by molar-refractivity contribution is 5.16. The molecule has 0 amide bonds. The average molecular weight is 248 g/mol. The van der Waals surface area contributed by atoms with Crippen LogP contribution >= 0.6 is 0 Å². The number of nitrogens with two attached hydrogens (primary N) is 1. The van der Waals surface area contributed by atoms with E-state index in [1.165, 1.54) is 25.7 Å². The van der Waals surface area contributed by atoms with Crippen molar-refractivity contribution in [2.45, 2.75) is 31.9 Å². The van der Waals surface area contributed by atoms with Crippen molar-refractivity contribution in [2.75, 3.05) is 13.1 Å². The molecule has 0 radical (unpaired) electrons. The van der Waals surface area contributed by atoms with Crippen molar-refractivity contribution in [1.82, 2.24) is 5.32 Å². The van der Waals surface area contributed by atoms with Crippen molar-refractivity contribution in [3.05, 3.63) is 35.9 Å². The first-order valence-electron chi connectivity index (χ1n) is 6.96. The van der Waals surface area contributed by atoms with Crippen LogP contribution in [0.15, 0.2) is 30.3 Å². The minimum absolute atomic E-state index is 0.543. The fraction of sp³-hybridized carbons (Fsp3) is 0.600. The van der Waals surface area contributed by atoms with E-state index in [9.17, 15) is 5.11 Å². The molecule has 1 fully saturated rings. The molecule has 3 heteroatoms. The molecule has 2 rings (SSSR count). The fourth-order valence-electron chi connectivity index (χ4n) is 2.70. The van der Waals surface area contributed by atoms with Crippen LogP contribution in [-0.4, -0.2) is 18.2 Å². The van der Waals surface area contributed by atoms with E-state index in [0.29, 0.717) is 5.92 Å². The summed E-state index contributed by atoms with van der Waals surface area (Å²) in [7, 11) is 0. The summed E-state index contributed by atoms with van der Waals surface area (Å²) in [6.07, 6.45) is 4.40. The van der Waals surface area contributed by atoms with Gasteiger partial charge in [-0.15, -0.1) is 0 Å². The van der Waals surface area contributed by atoms with Gasteiger partial charge in [-0.05, 0) is 49.6 Å². The number of hydrogen-bond acceptors (Lipinski definition) is 3. The lowest BCUT2D eigenvalue weighted by Crippen LogP contribution is -2.31. The van der Waals surface area contributed by atoms with E-state index >= 15 is 0 Å². The Morgan fingerprint density at radius 3 is 2.33 bits per heavy atom. The van der Waals surface area contributed by atoms with Gasteiger partial charge >= 0.3 is 0 Å². The topological polar surface area (TPSA) is 58.3 Å². The van der Waals surface area contributed by atoms with Gasteiger partial charge < -0.3 is 10.8 Å². The van der Waals surface area contributed by atoms with Crippen LogP contribution in [-0.2, 0) is 0 Å². The summed E-state index contributed by atoms with van der Waals surface area (Å²) < 4.78 is 0. The maximum atomic E-state index is 10.0. The van der Waals surface area contributed by atoms with E-state index in [2.05, 4.69) is 5.32 Å². The molecule has 0 saturated heterocycles. The van der Waals surface area contributed by atoms with E-state index in [1.54, 1.807) is 0 Å². The normalized spacial score (nSPS) is 25.9. The zero-order valence-corrected chi connectivity index (χ0v) is 10.9. The Morgan fingerprint density at radius 1 is 1.11 bits per heavy atom. The monoisotopic (exact) mass is 248 g/mol. The summed E-state index contributed by atoms with van der Waals surface area (Å²) in [5.41, 5.74) is 6.63. The van der Waals surface area contributed by atoms with Gasteiger partial charge in [0, 0.05) is 6.54 Å². The maximum Gasteiger partial charge on any atom is 0.131 e. The first-order valence-corrected chi connectivity index (χ1v) is 6.96. The van der Waals surface area contributed by atoms with Gasteiger partial charge in [0.15, 0.2) is 0 Å². The van der Waals surface area contributed by atoms with Gasteiger partial charge in [-0.3, -0.25) is 5.32 Å². The van der Waals surface area contributed by atoms with Crippen LogP contribution in [0.3, 0.4) is 0 Å². The van der Waals surface area contributed by atoms with Gasteiger partial charge in [0.05, 0.1) is 0 Å². The lowest BCUT2D eigenvalue weighted by molar-refractivity contribution is 0.125. The highest BCUT2D eigenvalue weighted by Crippen LogP contribution is 2.27. The molecule has 0 bridgehead atoms. The molecule has 1 aliphatic carbocycles. The summed E-state index contributed by atoms with van der Waals surface area (Å²) in [6, 6.07) is 9.76. The van der Waals surface area contributed by atoms with Crippen molar-refractivity contribution >= 4 is 0 Å². The molecule has 1 atom stereocenters. The standard InChI is InChI=1S/C15H24N2O/c16-10-12-6-8-13(9-7-12)11-17-15(18)14-4-2-1-3-5-14/h1-5,12-13,15,17-18H,6-11,16H2. The van der Waals surface area contributed by atoms with E-state index in [4.69, 9.17) is 5.73 Å². The highest BCUT2D eigenvalue weighted by Gasteiger charge is 2.20. The summed E-state index contributed by atoms with van der Waals surface area (Å²) in [5, 5.41) is 13.2. The molecule has 3 nitrogen and oxygen atoms in total. The van der Waals surface area contributed by atoms with Crippen LogP contribution in [0.5, 0.6) is 0 Å². The smallest absolute Gasteiger partial charge is 0.131 e. The number of rotatable bonds is 5. The molecule has 100 valence electrons. The van der Waals surface area contributed by atoms with Gasteiger partial charge in [-0.25, -0.2) is 0 Å². The van der Waals surface area contributed by atoms with Crippen molar-refractivity contribution in [3.63, 3.8) is 0 Å². The van der Waals surface area contributed by atoms with Gasteiger partial charge in [-0.1, -0.05) is 30.3 Å². The van der Waals surface area contributed by atoms with Crippen molar-refractivity contribution in [2.24, 2.45) is 17.6 Å². The second kappa shape index (κ2) is 6.88. The van der Waals surface area contributed by atoms with Crippen LogP contribution in [0.2, 0.25) is 0 Å². The van der Waals surface area contributed by atoms with Gasteiger partial charge in [0.2, 0.25) is 0 Å². The Labute approximate surface area is 109 Å². The quantitative estimate of drug-likeness (QED) is 0.699. The third kappa shape index (κ3) is 3.80. The first-order chi connectivity index (χ1) is 8.79. The minimum atomic E-state index is -0.543. The predicted octanol–water partition coefficient (Wildman–Crippen LogP) is 2.03. The lowest BCUT2D eigenvalue weighted by Gasteiger charge is -2.28. The zero-order valence-electron chi connectivity index (χ0n) is 10.9. The lowest BCUT2D eigenvalue weighted by atomic mass is 9.82. The molecule has 4 N–H and O–H groups in total. The largest absolute Gasteiger partial charge is 0.374 e. The number of benzene rings is 1. The molecule has 1 saturated carbocycles. The van der Waals surface area contributed by atoms with Gasteiger partial charge in [0.25, 0.3) is 0 Å². The Kier molecular flexibility index (Phi) is 5.17. The Morgan fingerprint density at radius 2 is 1.72 bits per heavy atom. The van der Waals surface area contributed by atoms with Crippen molar-refractivity contribution < 1.29 is 5.11 Å². The molecular formula is C15H24N2O. The molecular weight excluding hydrogens is 224 g/mol. The first kappa shape index (κ1) is 13.5. The zero-order chi connectivity index (χ0) is 12.8.